The number of anilines is 10. The number of nitrogens with zero attached hydrogens (tertiary/aromatic N) is 4. The fourth-order valence-corrected chi connectivity index (χ4v) is 8.33. The summed E-state index contributed by atoms with van der Waals surface area (Å²) in [6, 6.07) is 73.7. The first-order valence-electron chi connectivity index (χ1n) is 21.5. The maximum Gasteiger partial charge on any atom is 0.120 e. The smallest absolute Gasteiger partial charge is 0.120 e. The zero-order valence-electron chi connectivity index (χ0n) is 36.2. The maximum atomic E-state index is 5.65. The second-order valence-corrected chi connectivity index (χ2v) is 15.3. The van der Waals surface area contributed by atoms with Gasteiger partial charge in [-0.05, 0) is 134 Å². The van der Waals surface area contributed by atoms with Crippen LogP contribution in [0, 0.1) is 0 Å². The van der Waals surface area contributed by atoms with E-state index in [2.05, 4.69) is 196 Å². The Bertz CT molecular complexity index is 2700. The van der Waals surface area contributed by atoms with Crippen molar-refractivity contribution < 1.29 is 14.2 Å². The quantitative estimate of drug-likeness (QED) is 0.102. The van der Waals surface area contributed by atoms with E-state index in [0.717, 1.165) is 86.2 Å². The Morgan fingerprint density at radius 2 is 0.672 bits per heavy atom. The molecule has 0 saturated heterocycles. The van der Waals surface area contributed by atoms with Gasteiger partial charge in [0.1, 0.15) is 17.2 Å². The fraction of sp³-hybridized carbons (Fsp3) is 0.0877. The van der Waals surface area contributed by atoms with Crippen molar-refractivity contribution in [1.82, 2.24) is 0 Å². The summed E-state index contributed by atoms with van der Waals surface area (Å²) >= 11 is 0. The molecule has 0 spiro atoms. The van der Waals surface area contributed by atoms with Gasteiger partial charge < -0.3 is 33.8 Å². The van der Waals surface area contributed by atoms with Gasteiger partial charge in [-0.3, -0.25) is 0 Å². The van der Waals surface area contributed by atoms with E-state index in [4.69, 9.17) is 14.2 Å². The number of allylic oxidation sites excluding steroid dienone is 1. The second kappa shape index (κ2) is 19.3. The number of hydrogen-bond donors (Lipinski definition) is 0. The van der Waals surface area contributed by atoms with Gasteiger partial charge in [0.2, 0.25) is 0 Å². The van der Waals surface area contributed by atoms with Gasteiger partial charge in [0.25, 0.3) is 0 Å². The molecule has 316 valence electrons. The standard InChI is InChI=1S/C57H50N4O3/c1-62-55-25-13-22-52(40-55)59(43-16-7-4-8-17-43)49-34-28-46(29-35-49)58(47-30-36-50(37-31-47)60(44-18-9-5-10-19-44)53-23-14-26-56(41-53)63-2)48-32-38-51(39-33-48)61(45-20-11-6-12-21-45)54-24-15-27-57(42-54)64-3/h4-32,34-42,48H,33H2,1-3H3. The highest BCUT2D eigenvalue weighted by atomic mass is 16.5. The molecule has 1 unspecified atom stereocenters. The lowest BCUT2D eigenvalue weighted by Crippen LogP contribution is -2.31. The molecule has 1 aliphatic rings. The summed E-state index contributed by atoms with van der Waals surface area (Å²) in [5, 5.41) is 0. The molecule has 0 aliphatic heterocycles. The molecule has 0 radical (unpaired) electrons. The minimum absolute atomic E-state index is 0.00982. The van der Waals surface area contributed by atoms with Crippen molar-refractivity contribution in [1.29, 1.82) is 0 Å². The van der Waals surface area contributed by atoms with Crippen LogP contribution in [0.3, 0.4) is 0 Å². The molecule has 8 aromatic carbocycles. The number of ether oxygens (including phenoxy) is 3. The molecule has 64 heavy (non-hydrogen) atoms. The van der Waals surface area contributed by atoms with E-state index in [1.807, 2.05) is 54.6 Å². The molecule has 7 heteroatoms. The molecule has 1 aliphatic carbocycles. The highest BCUT2D eigenvalue weighted by Gasteiger charge is 2.25. The van der Waals surface area contributed by atoms with E-state index >= 15 is 0 Å². The molecule has 9 rings (SSSR count). The van der Waals surface area contributed by atoms with Gasteiger partial charge in [0, 0.05) is 80.8 Å². The predicted molar refractivity (Wildman–Crippen MR) is 265 cm³/mol. The third-order valence-corrected chi connectivity index (χ3v) is 11.4. The van der Waals surface area contributed by atoms with Crippen LogP contribution >= 0.6 is 0 Å². The molecule has 0 fully saturated rings. The lowest BCUT2D eigenvalue weighted by atomic mass is 10.0. The van der Waals surface area contributed by atoms with Crippen LogP contribution in [-0.2, 0) is 0 Å². The Labute approximate surface area is 376 Å². The maximum absolute atomic E-state index is 5.65. The minimum atomic E-state index is 0.00982. The molecule has 7 nitrogen and oxygen atoms in total. The molecule has 0 aromatic heterocycles. The van der Waals surface area contributed by atoms with Crippen LogP contribution in [-0.4, -0.2) is 27.4 Å². The van der Waals surface area contributed by atoms with Crippen molar-refractivity contribution in [2.24, 2.45) is 0 Å². The summed E-state index contributed by atoms with van der Waals surface area (Å²) in [6.45, 7) is 0. The molecule has 1 atom stereocenters. The second-order valence-electron chi connectivity index (χ2n) is 15.3. The van der Waals surface area contributed by atoms with Crippen LogP contribution in [0.2, 0.25) is 0 Å². The van der Waals surface area contributed by atoms with Gasteiger partial charge >= 0.3 is 0 Å². The molecule has 0 amide bonds. The summed E-state index contributed by atoms with van der Waals surface area (Å²) in [5.74, 6) is 2.41. The van der Waals surface area contributed by atoms with Crippen molar-refractivity contribution in [2.75, 3.05) is 40.9 Å². The topological polar surface area (TPSA) is 40.7 Å². The van der Waals surface area contributed by atoms with Crippen LogP contribution in [0.15, 0.2) is 236 Å². The number of hydrogen-bond acceptors (Lipinski definition) is 7. The first-order valence-corrected chi connectivity index (χ1v) is 21.5. The number of rotatable bonds is 15. The van der Waals surface area contributed by atoms with E-state index in [9.17, 15) is 0 Å². The van der Waals surface area contributed by atoms with Crippen LogP contribution < -0.4 is 33.8 Å². The zero-order valence-corrected chi connectivity index (χ0v) is 36.2. The molecular weight excluding hydrogens is 789 g/mol. The Hall–Kier alpha value is -8.16. The lowest BCUT2D eigenvalue weighted by Gasteiger charge is -2.36. The van der Waals surface area contributed by atoms with Crippen LogP contribution in [0.5, 0.6) is 17.2 Å². The summed E-state index contributed by atoms with van der Waals surface area (Å²) in [5.41, 5.74) is 11.5. The highest BCUT2D eigenvalue weighted by molar-refractivity contribution is 5.81. The third-order valence-electron chi connectivity index (χ3n) is 11.4. The van der Waals surface area contributed by atoms with E-state index in [0.29, 0.717) is 0 Å². The first kappa shape index (κ1) is 41.2. The van der Waals surface area contributed by atoms with Crippen LogP contribution in [0.1, 0.15) is 6.42 Å². The first-order chi connectivity index (χ1) is 31.6. The van der Waals surface area contributed by atoms with Gasteiger partial charge in [-0.15, -0.1) is 0 Å². The Morgan fingerprint density at radius 1 is 0.344 bits per heavy atom. The van der Waals surface area contributed by atoms with Crippen LogP contribution in [0.25, 0.3) is 0 Å². The van der Waals surface area contributed by atoms with Crippen molar-refractivity contribution in [3.05, 3.63) is 236 Å². The summed E-state index contributed by atoms with van der Waals surface area (Å²) in [4.78, 5) is 9.24. The summed E-state index contributed by atoms with van der Waals surface area (Å²) < 4.78 is 17.0. The van der Waals surface area contributed by atoms with E-state index < -0.39 is 0 Å². The van der Waals surface area contributed by atoms with Gasteiger partial charge in [-0.1, -0.05) is 84.9 Å². The normalized spacial score (nSPS) is 13.0. The third kappa shape index (κ3) is 8.92. The van der Waals surface area contributed by atoms with E-state index in [1.165, 1.54) is 0 Å². The average Bonchev–Trinajstić information content (AvgIpc) is 3.37. The van der Waals surface area contributed by atoms with Gasteiger partial charge in [0.15, 0.2) is 0 Å². The Balaban J connectivity index is 1.11. The minimum Gasteiger partial charge on any atom is -0.497 e. The van der Waals surface area contributed by atoms with Gasteiger partial charge in [-0.25, -0.2) is 0 Å². The van der Waals surface area contributed by atoms with E-state index in [1.54, 1.807) is 21.3 Å². The molecule has 8 aromatic rings. The molecule has 0 bridgehead atoms. The van der Waals surface area contributed by atoms with Crippen molar-refractivity contribution in [3.63, 3.8) is 0 Å². The lowest BCUT2D eigenvalue weighted by molar-refractivity contribution is 0.415. The van der Waals surface area contributed by atoms with Crippen molar-refractivity contribution in [3.8, 4) is 17.2 Å². The van der Waals surface area contributed by atoms with E-state index in [-0.39, 0.29) is 6.04 Å². The van der Waals surface area contributed by atoms with Crippen LogP contribution in [0.4, 0.5) is 56.9 Å². The fourth-order valence-electron chi connectivity index (χ4n) is 8.33. The van der Waals surface area contributed by atoms with Crippen molar-refractivity contribution >= 4 is 56.9 Å². The molecular formula is C57H50N4O3. The predicted octanol–water partition coefficient (Wildman–Crippen LogP) is 14.8. The SMILES string of the molecule is COc1cccc(N(C2=CCC(N(c3ccc(N(c4ccccc4)c4cccc(OC)c4)cc3)c3ccc(N(c4ccccc4)c4cccc(OC)c4)cc3)C=C2)c2ccccc2)c1. The van der Waals surface area contributed by atoms with Gasteiger partial charge in [-0.2, -0.15) is 0 Å². The number of para-hydroxylation sites is 3. The largest absolute Gasteiger partial charge is 0.497 e. The molecule has 0 saturated carbocycles. The number of methoxy groups -OCH3 is 3. The summed E-state index contributed by atoms with van der Waals surface area (Å²) in [7, 11) is 5.12. The Morgan fingerprint density at radius 3 is 1.03 bits per heavy atom. The summed E-state index contributed by atoms with van der Waals surface area (Å²) in [6.07, 6.45) is 7.68. The molecule has 0 N–H and O–H groups in total. The highest BCUT2D eigenvalue weighted by Crippen LogP contribution is 2.42. The Kier molecular flexibility index (Phi) is 12.4. The van der Waals surface area contributed by atoms with Gasteiger partial charge in [0.05, 0.1) is 27.4 Å². The average molecular weight is 839 g/mol. The van der Waals surface area contributed by atoms with Crippen molar-refractivity contribution in [2.45, 2.75) is 12.5 Å². The molecule has 0 heterocycles. The number of benzene rings is 8. The zero-order chi connectivity index (χ0) is 43.7. The monoisotopic (exact) mass is 838 g/mol.